The number of ether oxygens (including phenoxy) is 1. The second-order valence-electron chi connectivity index (χ2n) is 7.83. The number of hydrogen-bond donors (Lipinski definition) is 1. The number of unbranched alkanes of at least 4 members (excludes halogenated alkanes) is 2. The van der Waals surface area contributed by atoms with Crippen LogP contribution in [0.5, 0.6) is 5.75 Å². The quantitative estimate of drug-likeness (QED) is 0.333. The molecule has 0 aliphatic heterocycles. The third-order valence-electron chi connectivity index (χ3n) is 5.51. The van der Waals surface area contributed by atoms with Gasteiger partial charge in [-0.3, -0.25) is 4.79 Å². The van der Waals surface area contributed by atoms with Gasteiger partial charge in [0.05, 0.1) is 23.8 Å². The van der Waals surface area contributed by atoms with Gasteiger partial charge in [0.15, 0.2) is 5.76 Å². The second kappa shape index (κ2) is 10.7. The molecule has 0 aliphatic rings. The summed E-state index contributed by atoms with van der Waals surface area (Å²) in [4.78, 5) is 16.8. The van der Waals surface area contributed by atoms with Crippen molar-refractivity contribution in [1.82, 2.24) is 14.9 Å². The highest BCUT2D eigenvalue weighted by Crippen LogP contribution is 2.19. The lowest BCUT2D eigenvalue weighted by Crippen LogP contribution is -2.23. The Kier molecular flexibility index (Phi) is 7.23. The smallest absolute Gasteiger partial charge is 0.286 e. The van der Waals surface area contributed by atoms with E-state index in [9.17, 15) is 4.79 Å². The van der Waals surface area contributed by atoms with E-state index in [-0.39, 0.29) is 5.91 Å². The van der Waals surface area contributed by atoms with Gasteiger partial charge in [-0.2, -0.15) is 0 Å². The lowest BCUT2D eigenvalue weighted by molar-refractivity contribution is 0.0925. The molecule has 0 fully saturated rings. The average Bonchev–Trinajstić information content (AvgIpc) is 3.46. The molecule has 2 heterocycles. The van der Waals surface area contributed by atoms with Gasteiger partial charge in [0.1, 0.15) is 18.2 Å². The molecule has 2 aromatic carbocycles. The summed E-state index contributed by atoms with van der Waals surface area (Å²) in [5.41, 5.74) is 3.30. The molecule has 32 heavy (non-hydrogen) atoms. The Morgan fingerprint density at radius 2 is 1.88 bits per heavy atom. The molecule has 0 aliphatic carbocycles. The minimum Gasteiger partial charge on any atom is -0.491 e. The van der Waals surface area contributed by atoms with Gasteiger partial charge in [-0.15, -0.1) is 0 Å². The zero-order chi connectivity index (χ0) is 22.2. The van der Waals surface area contributed by atoms with Crippen LogP contribution in [0.1, 0.15) is 41.2 Å². The fraction of sp³-hybridized carbons (Fsp3) is 0.308. The van der Waals surface area contributed by atoms with Crippen LogP contribution in [-0.2, 0) is 13.0 Å². The number of para-hydroxylation sites is 3. The van der Waals surface area contributed by atoms with E-state index in [1.54, 1.807) is 12.1 Å². The molecule has 2 aromatic heterocycles. The summed E-state index contributed by atoms with van der Waals surface area (Å²) in [6.45, 7) is 4.05. The van der Waals surface area contributed by atoms with Crippen molar-refractivity contribution >= 4 is 16.9 Å². The lowest BCUT2D eigenvalue weighted by atomic mass is 10.2. The molecular weight excluding hydrogens is 402 g/mol. The van der Waals surface area contributed by atoms with E-state index in [4.69, 9.17) is 14.1 Å². The van der Waals surface area contributed by atoms with Crippen LogP contribution in [0.3, 0.4) is 0 Å². The van der Waals surface area contributed by atoms with Crippen LogP contribution in [0.25, 0.3) is 11.0 Å². The topological polar surface area (TPSA) is 69.3 Å². The van der Waals surface area contributed by atoms with E-state index in [2.05, 4.69) is 35.0 Å². The Balaban J connectivity index is 1.29. The summed E-state index contributed by atoms with van der Waals surface area (Å²) < 4.78 is 13.4. The number of aryl methyl sites for hydroxylation is 2. The summed E-state index contributed by atoms with van der Waals surface area (Å²) >= 11 is 0. The monoisotopic (exact) mass is 431 g/mol. The van der Waals surface area contributed by atoms with Gasteiger partial charge >= 0.3 is 0 Å². The predicted molar refractivity (Wildman–Crippen MR) is 125 cm³/mol. The first-order chi connectivity index (χ1) is 15.7. The standard InChI is InChI=1S/C26H29N3O3/c1-20-10-4-7-13-23(20)32-19-17-29-22-12-6-5-11-21(22)28-25(29)15-3-2-8-16-27-26(30)24-14-9-18-31-24/h4-7,9-14,18H,2-3,8,15-17,19H2,1H3,(H,27,30). The molecule has 0 saturated carbocycles. The predicted octanol–water partition coefficient (Wildman–Crippen LogP) is 5.16. The maximum Gasteiger partial charge on any atom is 0.286 e. The second-order valence-corrected chi connectivity index (χ2v) is 7.83. The van der Waals surface area contributed by atoms with Crippen molar-refractivity contribution in [2.24, 2.45) is 0 Å². The minimum absolute atomic E-state index is 0.162. The maximum atomic E-state index is 11.9. The largest absolute Gasteiger partial charge is 0.491 e. The zero-order valence-electron chi connectivity index (χ0n) is 18.4. The van der Waals surface area contributed by atoms with Crippen LogP contribution in [0.4, 0.5) is 0 Å². The number of benzene rings is 2. The molecule has 0 spiro atoms. The van der Waals surface area contributed by atoms with E-state index >= 15 is 0 Å². The Bertz CT molecular complexity index is 1150. The average molecular weight is 432 g/mol. The number of aromatic nitrogens is 2. The number of nitrogens with zero attached hydrogens (tertiary/aromatic N) is 2. The summed E-state index contributed by atoms with van der Waals surface area (Å²) in [7, 11) is 0. The third kappa shape index (κ3) is 5.38. The molecule has 0 bridgehead atoms. The number of nitrogens with one attached hydrogen (secondary N) is 1. The highest BCUT2D eigenvalue weighted by molar-refractivity contribution is 5.91. The number of furan rings is 1. The third-order valence-corrected chi connectivity index (χ3v) is 5.51. The number of imidazole rings is 1. The van der Waals surface area contributed by atoms with Crippen LogP contribution >= 0.6 is 0 Å². The summed E-state index contributed by atoms with van der Waals surface area (Å²) in [6, 6.07) is 19.7. The van der Waals surface area contributed by atoms with Crippen molar-refractivity contribution in [3.05, 3.63) is 84.1 Å². The van der Waals surface area contributed by atoms with Gasteiger partial charge in [0.2, 0.25) is 0 Å². The van der Waals surface area contributed by atoms with Crippen molar-refractivity contribution in [2.45, 2.75) is 39.2 Å². The Hall–Kier alpha value is -3.54. The number of fused-ring (bicyclic) bond motifs is 1. The summed E-state index contributed by atoms with van der Waals surface area (Å²) in [6.07, 6.45) is 5.35. The Morgan fingerprint density at radius 1 is 1.03 bits per heavy atom. The van der Waals surface area contributed by atoms with Gasteiger partial charge in [0.25, 0.3) is 5.91 Å². The van der Waals surface area contributed by atoms with Crippen molar-refractivity contribution in [3.63, 3.8) is 0 Å². The Morgan fingerprint density at radius 3 is 2.72 bits per heavy atom. The van der Waals surface area contributed by atoms with Crippen LogP contribution < -0.4 is 10.1 Å². The van der Waals surface area contributed by atoms with Gasteiger partial charge in [0, 0.05) is 13.0 Å². The first-order valence-electron chi connectivity index (χ1n) is 11.2. The molecule has 4 aromatic rings. The molecule has 0 radical (unpaired) electrons. The minimum atomic E-state index is -0.162. The van der Waals surface area contributed by atoms with Gasteiger partial charge < -0.3 is 19.0 Å². The lowest BCUT2D eigenvalue weighted by Gasteiger charge is -2.12. The number of carbonyl (C=O) groups excluding carboxylic acids is 1. The van der Waals surface area contributed by atoms with E-state index in [1.165, 1.54) is 6.26 Å². The summed E-state index contributed by atoms with van der Waals surface area (Å²) in [5, 5.41) is 2.89. The van der Waals surface area contributed by atoms with Gasteiger partial charge in [-0.1, -0.05) is 36.8 Å². The number of amides is 1. The van der Waals surface area contributed by atoms with Crippen LogP contribution in [0, 0.1) is 6.92 Å². The molecule has 6 heteroatoms. The first-order valence-corrected chi connectivity index (χ1v) is 11.2. The van der Waals surface area contributed by atoms with Gasteiger partial charge in [-0.25, -0.2) is 4.98 Å². The molecule has 6 nitrogen and oxygen atoms in total. The highest BCUT2D eigenvalue weighted by atomic mass is 16.5. The number of hydrogen-bond acceptors (Lipinski definition) is 4. The summed E-state index contributed by atoms with van der Waals surface area (Å²) in [5.74, 6) is 2.20. The zero-order valence-corrected chi connectivity index (χ0v) is 18.4. The molecule has 0 atom stereocenters. The molecule has 1 N–H and O–H groups in total. The van der Waals surface area contributed by atoms with E-state index in [0.717, 1.165) is 60.4 Å². The van der Waals surface area contributed by atoms with Gasteiger partial charge in [-0.05, 0) is 55.7 Å². The van der Waals surface area contributed by atoms with Crippen molar-refractivity contribution in [2.75, 3.05) is 13.2 Å². The highest BCUT2D eigenvalue weighted by Gasteiger charge is 2.11. The fourth-order valence-electron chi connectivity index (χ4n) is 3.81. The van der Waals surface area contributed by atoms with Crippen molar-refractivity contribution < 1.29 is 13.9 Å². The molecule has 0 unspecified atom stereocenters. The SMILES string of the molecule is Cc1ccccc1OCCn1c(CCCCCNC(=O)c2ccco2)nc2ccccc21. The van der Waals surface area contributed by atoms with E-state index in [0.29, 0.717) is 18.9 Å². The number of carbonyl (C=O) groups is 1. The Labute approximate surface area is 188 Å². The fourth-order valence-corrected chi connectivity index (χ4v) is 3.81. The number of rotatable bonds is 11. The van der Waals surface area contributed by atoms with Crippen LogP contribution in [-0.4, -0.2) is 28.6 Å². The van der Waals surface area contributed by atoms with E-state index < -0.39 is 0 Å². The van der Waals surface area contributed by atoms with E-state index in [1.807, 2.05) is 30.3 Å². The molecular formula is C26H29N3O3. The van der Waals surface area contributed by atoms with Crippen molar-refractivity contribution in [1.29, 1.82) is 0 Å². The van der Waals surface area contributed by atoms with Crippen LogP contribution in [0.15, 0.2) is 71.3 Å². The molecule has 166 valence electrons. The molecule has 1 amide bonds. The maximum absolute atomic E-state index is 11.9. The molecule has 4 rings (SSSR count). The van der Waals surface area contributed by atoms with Crippen molar-refractivity contribution in [3.8, 4) is 5.75 Å². The van der Waals surface area contributed by atoms with Crippen LogP contribution in [0.2, 0.25) is 0 Å². The molecule has 0 saturated heterocycles. The first kappa shape index (κ1) is 21.7. The normalized spacial score (nSPS) is 11.0.